The summed E-state index contributed by atoms with van der Waals surface area (Å²) in [6.45, 7) is -0.929. The molecule has 15 nitrogen and oxygen atoms in total. The Morgan fingerprint density at radius 3 is 2.18 bits per heavy atom. The topological polar surface area (TPSA) is 242 Å². The molecule has 0 aromatic carbocycles. The van der Waals surface area contributed by atoms with Crippen molar-refractivity contribution in [2.24, 2.45) is 0 Å². The minimum Gasteiger partial charge on any atom is -0.387 e. The molecule has 4 unspecified atom stereocenters. The number of rotatable bonds is 8. The van der Waals surface area contributed by atoms with Gasteiger partial charge in [0.1, 0.15) is 24.4 Å². The van der Waals surface area contributed by atoms with Gasteiger partial charge in [-0.05, 0) is 11.6 Å². The molecule has 2 rings (SSSR count). The maximum atomic E-state index is 11.7. The van der Waals surface area contributed by atoms with Gasteiger partial charge in [-0.25, -0.2) is 13.7 Å². The number of hydrogen-bond donors (Lipinski definition) is 7. The van der Waals surface area contributed by atoms with Crippen LogP contribution in [0, 0.1) is 0 Å². The van der Waals surface area contributed by atoms with Crippen molar-refractivity contribution < 1.29 is 61.4 Å². The summed E-state index contributed by atoms with van der Waals surface area (Å²) in [6, 6.07) is 2.45. The fraction of sp³-hybridized carbons (Fsp3) is 0.500. The maximum Gasteiger partial charge on any atom is 0.490 e. The third-order valence-electron chi connectivity index (χ3n) is 3.32. The van der Waals surface area contributed by atoms with E-state index in [1.54, 1.807) is 0 Å². The molecule has 0 bridgehead atoms. The highest BCUT2D eigenvalue weighted by atomic mass is 31.3. The molecular formula is C10H16NO14P3. The number of aromatic nitrogens is 1. The Morgan fingerprint density at radius 2 is 1.64 bits per heavy atom. The van der Waals surface area contributed by atoms with E-state index in [-0.39, 0.29) is 5.56 Å². The summed E-state index contributed by atoms with van der Waals surface area (Å²) in [5.41, 5.74) is -0.159. The van der Waals surface area contributed by atoms with Crippen LogP contribution < -0.4 is 5.56 Å². The lowest BCUT2D eigenvalue weighted by Gasteiger charge is -2.19. The van der Waals surface area contributed by atoms with Gasteiger partial charge in [0, 0.05) is 12.3 Å². The molecule has 0 saturated carbocycles. The smallest absolute Gasteiger partial charge is 0.387 e. The number of H-pyrrole nitrogens is 1. The Hall–Kier alpha value is -0.760. The lowest BCUT2D eigenvalue weighted by Crippen LogP contribution is -2.33. The normalized spacial score (nSPS) is 29.9. The number of hydrogen-bond acceptors (Lipinski definition) is 10. The van der Waals surface area contributed by atoms with Crippen molar-refractivity contribution in [3.8, 4) is 0 Å². The molecule has 1 aromatic heterocycles. The van der Waals surface area contributed by atoms with Crippen molar-refractivity contribution in [1.82, 2.24) is 4.98 Å². The van der Waals surface area contributed by atoms with Crippen LogP contribution in [0.1, 0.15) is 11.7 Å². The Morgan fingerprint density at radius 1 is 1.00 bits per heavy atom. The molecule has 1 fully saturated rings. The van der Waals surface area contributed by atoms with Gasteiger partial charge in [-0.3, -0.25) is 9.32 Å². The van der Waals surface area contributed by atoms with Gasteiger partial charge in [0.15, 0.2) is 0 Å². The quantitative estimate of drug-likeness (QED) is 0.224. The SMILES string of the molecule is O=c1ccc([C@@H]2O[C@H](COP(=O)(O)OP(=O)(O)OP(=O)(O)O)C(O)C2O)c[nH]1. The highest BCUT2D eigenvalue weighted by Crippen LogP contribution is 2.66. The first-order valence-corrected chi connectivity index (χ1v) is 11.7. The predicted molar refractivity (Wildman–Crippen MR) is 86.5 cm³/mol. The van der Waals surface area contributed by atoms with E-state index in [9.17, 15) is 33.6 Å². The molecule has 18 heteroatoms. The Kier molecular flexibility index (Phi) is 7.17. The van der Waals surface area contributed by atoms with Crippen molar-refractivity contribution in [3.63, 3.8) is 0 Å². The highest BCUT2D eigenvalue weighted by molar-refractivity contribution is 7.66. The van der Waals surface area contributed by atoms with Crippen LogP contribution in [-0.2, 0) is 31.6 Å². The first kappa shape index (κ1) is 23.5. The third kappa shape index (κ3) is 6.65. The first-order valence-electron chi connectivity index (χ1n) is 7.18. The predicted octanol–water partition coefficient (Wildman–Crippen LogP) is -1.12. The van der Waals surface area contributed by atoms with E-state index >= 15 is 0 Å². The second kappa shape index (κ2) is 8.54. The second-order valence-electron chi connectivity index (χ2n) is 5.45. The van der Waals surface area contributed by atoms with E-state index in [1.807, 2.05) is 0 Å². The first-order chi connectivity index (χ1) is 12.7. The minimum atomic E-state index is -5.68. The van der Waals surface area contributed by atoms with E-state index < -0.39 is 60.1 Å². The average molecular weight is 467 g/mol. The van der Waals surface area contributed by atoms with Gasteiger partial charge < -0.3 is 39.5 Å². The third-order valence-corrected chi connectivity index (χ3v) is 7.12. The number of nitrogens with one attached hydrogen (secondary N) is 1. The van der Waals surface area contributed by atoms with E-state index in [0.29, 0.717) is 0 Å². The highest BCUT2D eigenvalue weighted by Gasteiger charge is 2.46. The van der Waals surface area contributed by atoms with Gasteiger partial charge in [0.05, 0.1) is 6.61 Å². The molecular weight excluding hydrogens is 451 g/mol. The van der Waals surface area contributed by atoms with E-state index in [2.05, 4.69) is 18.1 Å². The summed E-state index contributed by atoms with van der Waals surface area (Å²) >= 11 is 0. The molecule has 0 spiro atoms. The molecule has 0 aliphatic carbocycles. The monoisotopic (exact) mass is 467 g/mol. The molecule has 1 saturated heterocycles. The summed E-state index contributed by atoms with van der Waals surface area (Å²) in [6.07, 6.45) is -4.46. The van der Waals surface area contributed by atoms with Crippen LogP contribution in [0.5, 0.6) is 0 Å². The van der Waals surface area contributed by atoms with Crippen LogP contribution in [0.25, 0.3) is 0 Å². The number of aromatic amines is 1. The molecule has 1 aromatic rings. The fourth-order valence-corrected chi connectivity index (χ4v) is 5.26. The van der Waals surface area contributed by atoms with Crippen molar-refractivity contribution in [3.05, 3.63) is 34.2 Å². The van der Waals surface area contributed by atoms with Gasteiger partial charge in [-0.15, -0.1) is 0 Å². The molecule has 0 amide bonds. The Bertz CT molecular complexity index is 875. The summed E-state index contributed by atoms with van der Waals surface area (Å²) in [5, 5.41) is 20.0. The van der Waals surface area contributed by atoms with Crippen LogP contribution >= 0.6 is 23.5 Å². The van der Waals surface area contributed by atoms with Crippen molar-refractivity contribution in [1.29, 1.82) is 0 Å². The number of ether oxygens (including phenoxy) is 1. The summed E-state index contributed by atoms with van der Waals surface area (Å²) in [7, 11) is -16.6. The second-order valence-corrected chi connectivity index (χ2v) is 9.87. The van der Waals surface area contributed by atoms with Crippen molar-refractivity contribution >= 4 is 23.5 Å². The van der Waals surface area contributed by atoms with Gasteiger partial charge >= 0.3 is 23.5 Å². The van der Waals surface area contributed by atoms with Crippen LogP contribution in [0.4, 0.5) is 0 Å². The summed E-state index contributed by atoms with van der Waals surface area (Å²) in [4.78, 5) is 48.7. The molecule has 1 aliphatic heterocycles. The molecule has 28 heavy (non-hydrogen) atoms. The number of phosphoric acid groups is 3. The average Bonchev–Trinajstić information content (AvgIpc) is 2.78. The largest absolute Gasteiger partial charge is 0.490 e. The van der Waals surface area contributed by atoms with Gasteiger partial charge in [-0.1, -0.05) is 0 Å². The zero-order valence-corrected chi connectivity index (χ0v) is 16.2. The van der Waals surface area contributed by atoms with Crippen LogP contribution in [0.3, 0.4) is 0 Å². The minimum absolute atomic E-state index is 0.270. The standard InChI is InChI=1S/C10H16NO14P3/c12-7-2-1-5(3-11-7)10-9(14)8(13)6(23-10)4-22-27(18,19)25-28(20,21)24-26(15,16)17/h1-3,6,8-10,13-14H,4H2,(H,11,12)(H,18,19)(H,20,21)(H2,15,16,17)/t6-,8?,9?,10+/m1/s1. The van der Waals surface area contributed by atoms with Crippen LogP contribution in [-0.4, -0.2) is 59.7 Å². The molecule has 160 valence electrons. The molecule has 1 aliphatic rings. The van der Waals surface area contributed by atoms with E-state index in [0.717, 1.165) is 6.07 Å². The van der Waals surface area contributed by atoms with Gasteiger partial charge in [0.2, 0.25) is 5.56 Å². The van der Waals surface area contributed by atoms with Crippen molar-refractivity contribution in [2.75, 3.05) is 6.61 Å². The number of aliphatic hydroxyl groups excluding tert-OH is 2. The lowest BCUT2D eigenvalue weighted by molar-refractivity contribution is -0.0223. The zero-order chi connectivity index (χ0) is 21.3. The zero-order valence-electron chi connectivity index (χ0n) is 13.5. The van der Waals surface area contributed by atoms with Gasteiger partial charge in [-0.2, -0.15) is 8.62 Å². The summed E-state index contributed by atoms with van der Waals surface area (Å²) < 4.78 is 50.1. The maximum absolute atomic E-state index is 11.7. The van der Waals surface area contributed by atoms with Crippen molar-refractivity contribution in [2.45, 2.75) is 24.4 Å². The van der Waals surface area contributed by atoms with E-state index in [4.69, 9.17) is 19.4 Å². The lowest BCUT2D eigenvalue weighted by atomic mass is 10.0. The molecule has 7 N–H and O–H groups in total. The number of aliphatic hydroxyl groups is 2. The van der Waals surface area contributed by atoms with E-state index in [1.165, 1.54) is 12.3 Å². The van der Waals surface area contributed by atoms with Crippen LogP contribution in [0.15, 0.2) is 23.1 Å². The van der Waals surface area contributed by atoms with Gasteiger partial charge in [0.25, 0.3) is 0 Å². The number of pyridine rings is 1. The summed E-state index contributed by atoms with van der Waals surface area (Å²) in [5.74, 6) is 0. The fourth-order valence-electron chi connectivity index (χ4n) is 2.23. The molecule has 6 atom stereocenters. The molecule has 0 radical (unpaired) electrons. The Labute approximate surface area is 155 Å². The van der Waals surface area contributed by atoms with Crippen LogP contribution in [0.2, 0.25) is 0 Å². The molecule has 2 heterocycles. The Balaban J connectivity index is 2.00. The number of phosphoric ester groups is 1.